The minimum Gasteiger partial charge on any atom is -0.357 e. The maximum Gasteiger partial charge on any atom is 0.242 e. The molecular weight excluding hydrogens is 360 g/mol. The van der Waals surface area contributed by atoms with Crippen LogP contribution < -0.4 is 10.6 Å². The Morgan fingerprint density at radius 2 is 1.70 bits per heavy atom. The molecule has 0 saturated heterocycles. The molecule has 2 aromatic carbocycles. The van der Waals surface area contributed by atoms with Gasteiger partial charge in [-0.1, -0.05) is 48.0 Å². The lowest BCUT2D eigenvalue weighted by atomic mass is 10.1. The molecule has 0 heterocycles. The maximum absolute atomic E-state index is 12.5. The zero-order valence-corrected chi connectivity index (χ0v) is 17.2. The van der Waals surface area contributed by atoms with E-state index in [1.807, 2.05) is 19.1 Å². The minimum atomic E-state index is -3.49. The first-order valence-electron chi connectivity index (χ1n) is 8.92. The Hall–Kier alpha value is -2.38. The van der Waals surface area contributed by atoms with Crippen molar-refractivity contribution < 1.29 is 8.42 Å². The monoisotopic (exact) mass is 388 g/mol. The van der Waals surface area contributed by atoms with Gasteiger partial charge in [-0.05, 0) is 31.0 Å². The first-order valence-corrected chi connectivity index (χ1v) is 10.4. The highest BCUT2D eigenvalue weighted by atomic mass is 32.2. The molecule has 146 valence electrons. The molecule has 0 amide bonds. The molecule has 2 N–H and O–H groups in total. The van der Waals surface area contributed by atoms with E-state index in [-0.39, 0.29) is 0 Å². The van der Waals surface area contributed by atoms with Crippen molar-refractivity contribution in [1.82, 2.24) is 14.9 Å². The second kappa shape index (κ2) is 9.53. The largest absolute Gasteiger partial charge is 0.357 e. The van der Waals surface area contributed by atoms with Crippen LogP contribution in [0.1, 0.15) is 23.6 Å². The van der Waals surface area contributed by atoms with E-state index >= 15 is 0 Å². The lowest BCUT2D eigenvalue weighted by molar-refractivity contribution is 0.519. The minimum absolute atomic E-state index is 0.303. The van der Waals surface area contributed by atoms with Crippen LogP contribution in [0.3, 0.4) is 0 Å². The average molecular weight is 389 g/mol. The van der Waals surface area contributed by atoms with E-state index in [2.05, 4.69) is 46.8 Å². The molecule has 0 spiro atoms. The van der Waals surface area contributed by atoms with Gasteiger partial charge in [-0.15, -0.1) is 0 Å². The van der Waals surface area contributed by atoms with Crippen LogP contribution in [0.2, 0.25) is 0 Å². The Bertz CT molecular complexity index is 875. The fourth-order valence-corrected chi connectivity index (χ4v) is 3.60. The number of nitrogens with one attached hydrogen (secondary N) is 2. The molecule has 6 nitrogen and oxygen atoms in total. The van der Waals surface area contributed by atoms with Crippen molar-refractivity contribution in [2.24, 2.45) is 4.99 Å². The van der Waals surface area contributed by atoms with Gasteiger partial charge >= 0.3 is 0 Å². The number of rotatable bonds is 7. The molecule has 0 bridgehead atoms. The number of benzene rings is 2. The van der Waals surface area contributed by atoms with Gasteiger partial charge in [0.25, 0.3) is 0 Å². The Balaban J connectivity index is 2.14. The van der Waals surface area contributed by atoms with E-state index in [0.717, 1.165) is 12.1 Å². The van der Waals surface area contributed by atoms with Gasteiger partial charge in [0.1, 0.15) is 0 Å². The van der Waals surface area contributed by atoms with Crippen LogP contribution >= 0.6 is 0 Å². The highest BCUT2D eigenvalue weighted by molar-refractivity contribution is 7.89. The Morgan fingerprint density at radius 1 is 1.04 bits per heavy atom. The zero-order valence-electron chi connectivity index (χ0n) is 16.4. The predicted octanol–water partition coefficient (Wildman–Crippen LogP) is 2.50. The van der Waals surface area contributed by atoms with E-state index in [9.17, 15) is 8.42 Å². The third-order valence-electron chi connectivity index (χ3n) is 4.06. The molecule has 0 aliphatic heterocycles. The summed E-state index contributed by atoms with van der Waals surface area (Å²) in [5, 5.41) is 6.42. The fraction of sp³-hybridized carbons (Fsp3) is 0.350. The Kier molecular flexibility index (Phi) is 7.38. The third-order valence-corrected chi connectivity index (χ3v) is 5.98. The summed E-state index contributed by atoms with van der Waals surface area (Å²) >= 11 is 0. The van der Waals surface area contributed by atoms with E-state index in [1.165, 1.54) is 24.0 Å². The zero-order chi connectivity index (χ0) is 19.9. The van der Waals surface area contributed by atoms with Gasteiger partial charge in [0.2, 0.25) is 10.0 Å². The van der Waals surface area contributed by atoms with Crippen molar-refractivity contribution in [1.29, 1.82) is 0 Å². The van der Waals surface area contributed by atoms with E-state index in [1.54, 1.807) is 12.1 Å². The van der Waals surface area contributed by atoms with Crippen molar-refractivity contribution in [3.63, 3.8) is 0 Å². The first kappa shape index (κ1) is 20.9. The van der Waals surface area contributed by atoms with Crippen molar-refractivity contribution in [3.8, 4) is 0 Å². The lowest BCUT2D eigenvalue weighted by Crippen LogP contribution is -2.37. The molecule has 0 unspecified atom stereocenters. The topological polar surface area (TPSA) is 73.8 Å². The van der Waals surface area contributed by atoms with Crippen LogP contribution in [-0.2, 0) is 23.1 Å². The van der Waals surface area contributed by atoms with Crippen LogP contribution in [0.15, 0.2) is 58.4 Å². The molecular formula is C20H28N4O2S. The molecule has 2 rings (SSSR count). The summed E-state index contributed by atoms with van der Waals surface area (Å²) < 4.78 is 26.3. The summed E-state index contributed by atoms with van der Waals surface area (Å²) in [6, 6.07) is 15.2. The molecule has 0 aliphatic rings. The Morgan fingerprint density at radius 3 is 2.33 bits per heavy atom. The standard InChI is InChI=1S/C20H28N4O2S/c1-5-21-20(22-14-17-12-10-16(2)11-13-17)23-15-18-8-6-7-9-19(18)27(25,26)24(3)4/h6-13H,5,14-15H2,1-4H3,(H2,21,22,23). The molecule has 27 heavy (non-hydrogen) atoms. The van der Waals surface area contributed by atoms with Gasteiger partial charge in [0.15, 0.2) is 5.96 Å². The van der Waals surface area contributed by atoms with Gasteiger partial charge < -0.3 is 10.6 Å². The van der Waals surface area contributed by atoms with Crippen LogP contribution in [0, 0.1) is 6.92 Å². The maximum atomic E-state index is 12.5. The number of hydrogen-bond acceptors (Lipinski definition) is 3. The summed E-state index contributed by atoms with van der Waals surface area (Å²) in [6.07, 6.45) is 0. The summed E-state index contributed by atoms with van der Waals surface area (Å²) in [7, 11) is -0.425. The van der Waals surface area contributed by atoms with Gasteiger partial charge in [-0.25, -0.2) is 17.7 Å². The molecule has 7 heteroatoms. The summed E-state index contributed by atoms with van der Waals surface area (Å²) in [5.41, 5.74) is 3.03. The van der Waals surface area contributed by atoms with Gasteiger partial charge in [0.05, 0.1) is 11.4 Å². The smallest absolute Gasteiger partial charge is 0.242 e. The summed E-state index contributed by atoms with van der Waals surface area (Å²) in [6.45, 7) is 5.68. The number of aryl methyl sites for hydroxylation is 1. The lowest BCUT2D eigenvalue weighted by Gasteiger charge is -2.17. The quantitative estimate of drug-likeness (QED) is 0.565. The first-order chi connectivity index (χ1) is 12.8. The van der Waals surface area contributed by atoms with Crippen LogP contribution in [0.5, 0.6) is 0 Å². The van der Waals surface area contributed by atoms with Crippen molar-refractivity contribution >= 4 is 16.0 Å². The predicted molar refractivity (Wildman–Crippen MR) is 110 cm³/mol. The van der Waals surface area contributed by atoms with E-state index < -0.39 is 10.0 Å². The van der Waals surface area contributed by atoms with Crippen LogP contribution in [0.4, 0.5) is 0 Å². The van der Waals surface area contributed by atoms with E-state index in [0.29, 0.717) is 29.5 Å². The normalized spacial score (nSPS) is 12.3. The van der Waals surface area contributed by atoms with Gasteiger partial charge in [0, 0.05) is 27.2 Å². The van der Waals surface area contributed by atoms with Crippen molar-refractivity contribution in [2.45, 2.75) is 31.8 Å². The number of aliphatic imine (C=N–C) groups is 1. The summed E-state index contributed by atoms with van der Waals surface area (Å²) in [4.78, 5) is 4.89. The summed E-state index contributed by atoms with van der Waals surface area (Å²) in [5.74, 6) is 0.648. The second-order valence-electron chi connectivity index (χ2n) is 6.43. The molecule has 0 aliphatic carbocycles. The molecule has 0 aromatic heterocycles. The number of nitrogens with zero attached hydrogens (tertiary/aromatic N) is 2. The average Bonchev–Trinajstić information content (AvgIpc) is 2.65. The number of guanidine groups is 1. The molecule has 0 saturated carbocycles. The highest BCUT2D eigenvalue weighted by Crippen LogP contribution is 2.18. The molecule has 0 atom stereocenters. The Labute approximate surface area is 162 Å². The second-order valence-corrected chi connectivity index (χ2v) is 8.55. The highest BCUT2D eigenvalue weighted by Gasteiger charge is 2.20. The number of sulfonamides is 1. The third kappa shape index (κ3) is 5.80. The molecule has 0 fully saturated rings. The van der Waals surface area contributed by atoms with Crippen LogP contribution in [-0.4, -0.2) is 39.3 Å². The molecule has 2 aromatic rings. The number of hydrogen-bond donors (Lipinski definition) is 2. The fourth-order valence-electron chi connectivity index (χ4n) is 2.48. The van der Waals surface area contributed by atoms with E-state index in [4.69, 9.17) is 0 Å². The van der Waals surface area contributed by atoms with Gasteiger partial charge in [-0.2, -0.15) is 0 Å². The van der Waals surface area contributed by atoms with Crippen molar-refractivity contribution in [3.05, 3.63) is 65.2 Å². The molecule has 0 radical (unpaired) electrons. The van der Waals surface area contributed by atoms with Gasteiger partial charge in [-0.3, -0.25) is 0 Å². The SMILES string of the molecule is CCNC(=NCc1ccc(C)cc1)NCc1ccccc1S(=O)(=O)N(C)C. The van der Waals surface area contributed by atoms with Crippen molar-refractivity contribution in [2.75, 3.05) is 20.6 Å². The van der Waals surface area contributed by atoms with Crippen LogP contribution in [0.25, 0.3) is 0 Å².